The normalized spacial score (nSPS) is 23.1. The second-order valence-corrected chi connectivity index (χ2v) is 6.23. The maximum atomic E-state index is 10.7. The Bertz CT molecular complexity index is 706. The van der Waals surface area contributed by atoms with Crippen molar-refractivity contribution in [1.29, 1.82) is 0 Å². The minimum atomic E-state index is -0.497. The van der Waals surface area contributed by atoms with Gasteiger partial charge in [-0.1, -0.05) is 24.3 Å². The third-order valence-electron chi connectivity index (χ3n) is 4.22. The molecule has 2 aliphatic rings. The van der Waals surface area contributed by atoms with Crippen LogP contribution < -0.4 is 4.74 Å². The highest BCUT2D eigenvalue weighted by Gasteiger charge is 2.42. The summed E-state index contributed by atoms with van der Waals surface area (Å²) >= 11 is 0. The highest BCUT2D eigenvalue weighted by Crippen LogP contribution is 2.33. The molecule has 4 rings (SSSR count). The molecule has 114 valence electrons. The van der Waals surface area contributed by atoms with Crippen LogP contribution in [0.3, 0.4) is 0 Å². The van der Waals surface area contributed by atoms with Gasteiger partial charge in [0, 0.05) is 24.6 Å². The van der Waals surface area contributed by atoms with Gasteiger partial charge < -0.3 is 14.9 Å². The zero-order chi connectivity index (χ0) is 15.3. The van der Waals surface area contributed by atoms with E-state index < -0.39 is 10.5 Å². The Labute approximate surface area is 127 Å². The van der Waals surface area contributed by atoms with Crippen molar-refractivity contribution in [3.05, 3.63) is 51.7 Å². The topological polar surface area (TPSA) is 73.4 Å². The van der Waals surface area contributed by atoms with Gasteiger partial charge in [-0.3, -0.25) is 9.47 Å². The fraction of sp³-hybridized carbons (Fsp3) is 0.400. The van der Waals surface area contributed by atoms with Gasteiger partial charge in [0.2, 0.25) is 0 Å². The zero-order valence-corrected chi connectivity index (χ0v) is 12.2. The van der Waals surface area contributed by atoms with Crippen LogP contribution in [0.15, 0.2) is 30.5 Å². The molecular weight excluding hydrogens is 284 g/mol. The second kappa shape index (κ2) is 4.54. The smallest absolute Gasteiger partial charge is 0.415 e. The van der Waals surface area contributed by atoms with Gasteiger partial charge in [-0.05, 0) is 23.0 Å². The molecule has 0 N–H and O–H groups in total. The Morgan fingerprint density at radius 2 is 2.05 bits per heavy atom. The lowest BCUT2D eigenvalue weighted by Crippen LogP contribution is -2.43. The molecule has 7 heteroatoms. The molecule has 0 spiro atoms. The van der Waals surface area contributed by atoms with E-state index >= 15 is 0 Å². The van der Waals surface area contributed by atoms with Crippen molar-refractivity contribution < 1.29 is 9.66 Å². The SMILES string of the molecule is CC1(CN2Cc3ccccc3C2)Cn2cc([N+](=O)[O-])nc2O1. The van der Waals surface area contributed by atoms with Crippen molar-refractivity contribution in [2.45, 2.75) is 32.2 Å². The molecule has 7 nitrogen and oxygen atoms in total. The molecule has 0 bridgehead atoms. The fourth-order valence-electron chi connectivity index (χ4n) is 3.35. The number of hydrogen-bond acceptors (Lipinski definition) is 5. The molecule has 1 unspecified atom stereocenters. The van der Waals surface area contributed by atoms with Crippen LogP contribution in [0.25, 0.3) is 0 Å². The van der Waals surface area contributed by atoms with Gasteiger partial charge in [-0.2, -0.15) is 0 Å². The predicted molar refractivity (Wildman–Crippen MR) is 78.5 cm³/mol. The Morgan fingerprint density at radius 3 is 2.64 bits per heavy atom. The van der Waals surface area contributed by atoms with Crippen molar-refractivity contribution in [1.82, 2.24) is 14.5 Å². The number of benzene rings is 1. The number of aromatic nitrogens is 2. The summed E-state index contributed by atoms with van der Waals surface area (Å²) in [6, 6.07) is 8.77. The van der Waals surface area contributed by atoms with Gasteiger partial charge >= 0.3 is 11.8 Å². The maximum absolute atomic E-state index is 10.7. The summed E-state index contributed by atoms with van der Waals surface area (Å²) in [4.78, 5) is 16.5. The highest BCUT2D eigenvalue weighted by molar-refractivity contribution is 5.30. The Hall–Kier alpha value is -2.41. The van der Waals surface area contributed by atoms with Crippen molar-refractivity contribution in [2.24, 2.45) is 0 Å². The van der Waals surface area contributed by atoms with Crippen LogP contribution in [-0.2, 0) is 19.6 Å². The number of nitro groups is 1. The summed E-state index contributed by atoms with van der Waals surface area (Å²) in [5, 5.41) is 10.7. The van der Waals surface area contributed by atoms with Gasteiger partial charge in [-0.25, -0.2) is 0 Å². The van der Waals surface area contributed by atoms with Crippen molar-refractivity contribution in [2.75, 3.05) is 6.54 Å². The van der Waals surface area contributed by atoms with Gasteiger partial charge in [0.1, 0.15) is 11.8 Å². The molecule has 0 radical (unpaired) electrons. The first-order chi connectivity index (χ1) is 10.5. The fourth-order valence-corrected chi connectivity index (χ4v) is 3.35. The van der Waals surface area contributed by atoms with E-state index in [1.54, 1.807) is 4.57 Å². The van der Waals surface area contributed by atoms with Gasteiger partial charge in [-0.15, -0.1) is 0 Å². The third kappa shape index (κ3) is 2.14. The van der Waals surface area contributed by atoms with Crippen LogP contribution in [0.4, 0.5) is 5.82 Å². The van der Waals surface area contributed by atoms with Crippen molar-refractivity contribution in [3.63, 3.8) is 0 Å². The largest absolute Gasteiger partial charge is 0.436 e. The minimum Gasteiger partial charge on any atom is -0.436 e. The average Bonchev–Trinajstić information content (AvgIpc) is 3.08. The van der Waals surface area contributed by atoms with E-state index in [4.69, 9.17) is 4.74 Å². The first-order valence-electron chi connectivity index (χ1n) is 7.22. The summed E-state index contributed by atoms with van der Waals surface area (Å²) in [6.07, 6.45) is 1.44. The average molecular weight is 300 g/mol. The standard InChI is InChI=1S/C15H16N4O3/c1-15(9-17-6-11-4-2-3-5-12(11)7-17)10-18-8-13(19(20)21)16-14(18)22-15/h2-5,8H,6-7,9-10H2,1H3. The molecule has 0 saturated carbocycles. The highest BCUT2D eigenvalue weighted by atomic mass is 16.6. The Kier molecular flexibility index (Phi) is 2.74. The van der Waals surface area contributed by atoms with E-state index in [2.05, 4.69) is 34.1 Å². The van der Waals surface area contributed by atoms with E-state index in [1.807, 2.05) is 6.92 Å². The first kappa shape index (κ1) is 13.3. The lowest BCUT2D eigenvalue weighted by molar-refractivity contribution is -0.389. The summed E-state index contributed by atoms with van der Waals surface area (Å²) < 4.78 is 7.62. The van der Waals surface area contributed by atoms with E-state index in [0.29, 0.717) is 12.6 Å². The van der Waals surface area contributed by atoms with Gasteiger partial charge in [0.15, 0.2) is 0 Å². The summed E-state index contributed by atoms with van der Waals surface area (Å²) in [7, 11) is 0. The molecule has 0 aliphatic carbocycles. The van der Waals surface area contributed by atoms with Crippen molar-refractivity contribution >= 4 is 5.82 Å². The molecule has 2 aromatic rings. The van der Waals surface area contributed by atoms with Crippen LogP contribution in [0.2, 0.25) is 0 Å². The quantitative estimate of drug-likeness (QED) is 0.640. The number of nitrogens with zero attached hydrogens (tertiary/aromatic N) is 4. The lowest BCUT2D eigenvalue weighted by Gasteiger charge is -2.27. The van der Waals surface area contributed by atoms with E-state index in [0.717, 1.165) is 19.6 Å². The molecule has 1 aromatic heterocycles. The van der Waals surface area contributed by atoms with E-state index in [1.165, 1.54) is 17.3 Å². The molecule has 3 heterocycles. The molecule has 0 saturated heterocycles. The Balaban J connectivity index is 1.46. The van der Waals surface area contributed by atoms with Crippen LogP contribution in [-0.4, -0.2) is 31.5 Å². The number of fused-ring (bicyclic) bond motifs is 2. The molecule has 0 fully saturated rings. The monoisotopic (exact) mass is 300 g/mol. The van der Waals surface area contributed by atoms with Crippen LogP contribution in [0.1, 0.15) is 18.1 Å². The van der Waals surface area contributed by atoms with Crippen molar-refractivity contribution in [3.8, 4) is 6.01 Å². The Morgan fingerprint density at radius 1 is 1.36 bits per heavy atom. The molecular formula is C15H16N4O3. The molecule has 1 aromatic carbocycles. The van der Waals surface area contributed by atoms with E-state index in [-0.39, 0.29) is 5.82 Å². The van der Waals surface area contributed by atoms with Crippen LogP contribution in [0, 0.1) is 10.1 Å². The second-order valence-electron chi connectivity index (χ2n) is 6.23. The number of rotatable bonds is 3. The molecule has 0 amide bonds. The summed E-state index contributed by atoms with van der Waals surface area (Å²) in [6.45, 7) is 5.19. The van der Waals surface area contributed by atoms with Gasteiger partial charge in [0.25, 0.3) is 0 Å². The molecule has 22 heavy (non-hydrogen) atoms. The van der Waals surface area contributed by atoms with Crippen LogP contribution >= 0.6 is 0 Å². The maximum Gasteiger partial charge on any atom is 0.415 e. The summed E-state index contributed by atoms with van der Waals surface area (Å²) in [5.41, 5.74) is 2.31. The number of hydrogen-bond donors (Lipinski definition) is 0. The first-order valence-corrected chi connectivity index (χ1v) is 7.22. The molecule has 2 aliphatic heterocycles. The van der Waals surface area contributed by atoms with Gasteiger partial charge in [0.05, 0.1) is 6.54 Å². The third-order valence-corrected chi connectivity index (χ3v) is 4.22. The van der Waals surface area contributed by atoms with Crippen LogP contribution in [0.5, 0.6) is 6.01 Å². The predicted octanol–water partition coefficient (Wildman–Crippen LogP) is 1.96. The molecule has 1 atom stereocenters. The number of imidazole rings is 1. The summed E-state index contributed by atoms with van der Waals surface area (Å²) in [5.74, 6) is -0.161. The zero-order valence-electron chi connectivity index (χ0n) is 12.2. The van der Waals surface area contributed by atoms with E-state index in [9.17, 15) is 10.1 Å². The minimum absolute atomic E-state index is 0.161. The lowest BCUT2D eigenvalue weighted by atomic mass is 10.1. The number of ether oxygens (including phenoxy) is 1.